The number of carbonyl (C=O) groups excluding carboxylic acids is 1. The minimum Gasteiger partial charge on any atom is -0.368 e. The third-order valence-electron chi connectivity index (χ3n) is 4.34. The number of aromatic amines is 1. The number of amides is 1. The summed E-state index contributed by atoms with van der Waals surface area (Å²) in [5.41, 5.74) is 2.67. The van der Waals surface area contributed by atoms with Crippen molar-refractivity contribution in [3.05, 3.63) is 28.7 Å². The first-order valence-electron chi connectivity index (χ1n) is 8.09. The minimum absolute atomic E-state index is 0.0718. The molecular formula is C15H19N5O3. The number of hydrogen-bond donors (Lipinski definition) is 2. The molecule has 23 heavy (non-hydrogen) atoms. The number of aryl methyl sites for hydroxylation is 1. The van der Waals surface area contributed by atoms with Gasteiger partial charge in [-0.1, -0.05) is 5.16 Å². The van der Waals surface area contributed by atoms with Gasteiger partial charge in [-0.25, -0.2) is 0 Å². The molecule has 0 aromatic carbocycles. The van der Waals surface area contributed by atoms with E-state index in [2.05, 4.69) is 25.7 Å². The number of fused-ring (bicyclic) bond motifs is 1. The van der Waals surface area contributed by atoms with Crippen molar-refractivity contribution in [1.29, 1.82) is 0 Å². The second-order valence-corrected chi connectivity index (χ2v) is 5.94. The van der Waals surface area contributed by atoms with Gasteiger partial charge in [0.25, 0.3) is 11.8 Å². The molecule has 2 N–H and O–H groups in total. The molecule has 1 atom stereocenters. The Bertz CT molecular complexity index is 702. The molecule has 8 heteroatoms. The van der Waals surface area contributed by atoms with Crippen molar-refractivity contribution in [2.24, 2.45) is 0 Å². The van der Waals surface area contributed by atoms with Gasteiger partial charge in [-0.05, 0) is 32.1 Å². The van der Waals surface area contributed by atoms with Crippen LogP contribution < -0.4 is 5.32 Å². The highest BCUT2D eigenvalue weighted by atomic mass is 16.5. The van der Waals surface area contributed by atoms with Crippen LogP contribution in [-0.2, 0) is 24.0 Å². The molecule has 4 rings (SSSR count). The van der Waals surface area contributed by atoms with Gasteiger partial charge < -0.3 is 14.6 Å². The van der Waals surface area contributed by atoms with Gasteiger partial charge in [-0.15, -0.1) is 0 Å². The lowest BCUT2D eigenvalue weighted by molar-refractivity contribution is 0.0835. The molecule has 122 valence electrons. The Morgan fingerprint density at radius 1 is 1.35 bits per heavy atom. The lowest BCUT2D eigenvalue weighted by atomic mass is 10.2. The summed E-state index contributed by atoms with van der Waals surface area (Å²) in [4.78, 5) is 16.5. The van der Waals surface area contributed by atoms with Gasteiger partial charge >= 0.3 is 0 Å². The number of nitrogens with zero attached hydrogens (tertiary/aromatic N) is 3. The molecule has 2 aromatic heterocycles. The molecule has 0 radical (unpaired) electrons. The van der Waals surface area contributed by atoms with Gasteiger partial charge in [0.15, 0.2) is 11.5 Å². The van der Waals surface area contributed by atoms with Crippen molar-refractivity contribution in [3.63, 3.8) is 0 Å². The second-order valence-electron chi connectivity index (χ2n) is 5.94. The average molecular weight is 317 g/mol. The van der Waals surface area contributed by atoms with Gasteiger partial charge in [0.1, 0.15) is 6.10 Å². The number of carbonyl (C=O) groups is 1. The molecular weight excluding hydrogens is 298 g/mol. The van der Waals surface area contributed by atoms with Crippen LogP contribution in [0.2, 0.25) is 0 Å². The van der Waals surface area contributed by atoms with E-state index in [4.69, 9.17) is 9.26 Å². The van der Waals surface area contributed by atoms with Crippen molar-refractivity contribution < 1.29 is 14.1 Å². The molecule has 2 aliphatic rings. The molecule has 3 heterocycles. The highest BCUT2D eigenvalue weighted by molar-refractivity contribution is 5.94. The first-order valence-corrected chi connectivity index (χ1v) is 8.09. The van der Waals surface area contributed by atoms with Crippen LogP contribution in [0.5, 0.6) is 0 Å². The Morgan fingerprint density at radius 2 is 2.30 bits per heavy atom. The molecule has 0 saturated carbocycles. The Morgan fingerprint density at radius 3 is 3.17 bits per heavy atom. The summed E-state index contributed by atoms with van der Waals surface area (Å²) in [5, 5.41) is 13.9. The standard InChI is InChI=1S/C15H19N5O3/c21-14(13-9-3-1-4-10(9)18-19-13)16-7-6-12-17-15(23-20-12)11-5-2-8-22-11/h11H,1-8H2,(H,16,21)(H,18,19). The SMILES string of the molecule is O=C(NCCc1noc(C2CCCO2)n1)c1n[nH]c2c1CCC2. The van der Waals surface area contributed by atoms with Crippen LogP contribution in [-0.4, -0.2) is 39.4 Å². The fourth-order valence-electron chi connectivity index (χ4n) is 3.15. The quantitative estimate of drug-likeness (QED) is 0.855. The van der Waals surface area contributed by atoms with E-state index >= 15 is 0 Å². The maximum Gasteiger partial charge on any atom is 0.272 e. The van der Waals surface area contributed by atoms with Crippen LogP contribution >= 0.6 is 0 Å². The van der Waals surface area contributed by atoms with Crippen molar-refractivity contribution >= 4 is 5.91 Å². The zero-order valence-corrected chi connectivity index (χ0v) is 12.8. The lowest BCUT2D eigenvalue weighted by Crippen LogP contribution is -2.27. The number of ether oxygens (including phenoxy) is 1. The molecule has 1 saturated heterocycles. The van der Waals surface area contributed by atoms with Gasteiger partial charge in [-0.3, -0.25) is 9.89 Å². The van der Waals surface area contributed by atoms with Crippen molar-refractivity contribution in [2.75, 3.05) is 13.2 Å². The Kier molecular flexibility index (Phi) is 3.82. The zero-order valence-electron chi connectivity index (χ0n) is 12.8. The normalized spacial score (nSPS) is 19.9. The third kappa shape index (κ3) is 2.86. The van der Waals surface area contributed by atoms with E-state index in [0.29, 0.717) is 30.4 Å². The Hall–Kier alpha value is -2.22. The van der Waals surface area contributed by atoms with Crippen LogP contribution in [0.3, 0.4) is 0 Å². The van der Waals surface area contributed by atoms with Crippen LogP contribution in [0.15, 0.2) is 4.52 Å². The number of aromatic nitrogens is 4. The maximum absolute atomic E-state index is 12.2. The van der Waals surface area contributed by atoms with E-state index in [1.54, 1.807) is 0 Å². The average Bonchev–Trinajstić information content (AvgIpc) is 3.30. The van der Waals surface area contributed by atoms with E-state index in [0.717, 1.165) is 50.0 Å². The largest absolute Gasteiger partial charge is 0.368 e. The fraction of sp³-hybridized carbons (Fsp3) is 0.600. The molecule has 1 unspecified atom stereocenters. The predicted octanol–water partition coefficient (Wildman–Crippen LogP) is 1.11. The molecule has 1 fully saturated rings. The molecule has 0 bridgehead atoms. The summed E-state index contributed by atoms with van der Waals surface area (Å²) in [6.07, 6.45) is 5.37. The van der Waals surface area contributed by atoms with E-state index in [1.165, 1.54) is 0 Å². The number of rotatable bonds is 5. The highest BCUT2D eigenvalue weighted by Gasteiger charge is 2.24. The van der Waals surface area contributed by atoms with Crippen molar-refractivity contribution in [2.45, 2.75) is 44.6 Å². The predicted molar refractivity (Wildman–Crippen MR) is 78.9 cm³/mol. The minimum atomic E-state index is -0.146. The molecule has 0 spiro atoms. The third-order valence-corrected chi connectivity index (χ3v) is 4.34. The first-order chi connectivity index (χ1) is 11.3. The summed E-state index contributed by atoms with van der Waals surface area (Å²) < 4.78 is 10.7. The van der Waals surface area contributed by atoms with Crippen LogP contribution in [0.1, 0.15) is 58.8 Å². The molecule has 2 aromatic rings. The van der Waals surface area contributed by atoms with Crippen molar-refractivity contribution in [3.8, 4) is 0 Å². The summed E-state index contributed by atoms with van der Waals surface area (Å²) in [6.45, 7) is 1.19. The summed E-state index contributed by atoms with van der Waals surface area (Å²) in [6, 6.07) is 0. The van der Waals surface area contributed by atoms with Gasteiger partial charge in [0.05, 0.1) is 0 Å². The number of hydrogen-bond acceptors (Lipinski definition) is 6. The van der Waals surface area contributed by atoms with Gasteiger partial charge in [-0.2, -0.15) is 10.1 Å². The molecule has 1 amide bonds. The van der Waals surface area contributed by atoms with Crippen LogP contribution in [0.25, 0.3) is 0 Å². The highest BCUT2D eigenvalue weighted by Crippen LogP contribution is 2.27. The summed E-state index contributed by atoms with van der Waals surface area (Å²) in [5.74, 6) is 0.976. The lowest BCUT2D eigenvalue weighted by Gasteiger charge is -2.02. The van der Waals surface area contributed by atoms with Crippen LogP contribution in [0.4, 0.5) is 0 Å². The maximum atomic E-state index is 12.2. The van der Waals surface area contributed by atoms with Gasteiger partial charge in [0.2, 0.25) is 0 Å². The van der Waals surface area contributed by atoms with Crippen molar-refractivity contribution in [1.82, 2.24) is 25.7 Å². The molecule has 1 aliphatic heterocycles. The van der Waals surface area contributed by atoms with Gasteiger partial charge in [0, 0.05) is 30.8 Å². The first kappa shape index (κ1) is 14.4. The number of nitrogens with one attached hydrogen (secondary N) is 2. The molecule has 1 aliphatic carbocycles. The van der Waals surface area contributed by atoms with Crippen LogP contribution in [0, 0.1) is 0 Å². The molecule has 8 nitrogen and oxygen atoms in total. The van der Waals surface area contributed by atoms with E-state index in [-0.39, 0.29) is 12.0 Å². The van der Waals surface area contributed by atoms with E-state index < -0.39 is 0 Å². The Labute approximate surface area is 133 Å². The fourth-order valence-corrected chi connectivity index (χ4v) is 3.15. The van der Waals surface area contributed by atoms with E-state index in [9.17, 15) is 4.79 Å². The topological polar surface area (TPSA) is 106 Å². The summed E-state index contributed by atoms with van der Waals surface area (Å²) in [7, 11) is 0. The summed E-state index contributed by atoms with van der Waals surface area (Å²) >= 11 is 0. The number of H-pyrrole nitrogens is 1. The monoisotopic (exact) mass is 317 g/mol. The zero-order chi connectivity index (χ0) is 15.6. The Balaban J connectivity index is 1.30. The smallest absolute Gasteiger partial charge is 0.272 e. The van der Waals surface area contributed by atoms with E-state index in [1.807, 2.05) is 0 Å². The second kappa shape index (κ2) is 6.11.